The second kappa shape index (κ2) is 11.3. The number of nitrogens with zero attached hydrogens (tertiary/aromatic N) is 4. The Morgan fingerprint density at radius 2 is 1.46 bits per heavy atom. The molecule has 2 fully saturated rings. The summed E-state index contributed by atoms with van der Waals surface area (Å²) in [5, 5.41) is 0. The van der Waals surface area contributed by atoms with Gasteiger partial charge in [0.1, 0.15) is 0 Å². The number of thioether (sulfide) groups is 1. The van der Waals surface area contributed by atoms with E-state index < -0.39 is 11.7 Å². The zero-order valence-corrected chi connectivity index (χ0v) is 21.0. The lowest BCUT2D eigenvalue weighted by atomic mass is 10.1. The first-order valence-electron chi connectivity index (χ1n) is 12.8. The molecule has 0 N–H and O–H groups in total. The number of anilines is 1. The average molecular weight is 509 g/mol. The molecule has 0 spiro atoms. The molecule has 3 aliphatic heterocycles. The van der Waals surface area contributed by atoms with Crippen LogP contribution < -0.4 is 4.90 Å². The molecule has 0 amide bonds. The number of ether oxygens (including phenoxy) is 1. The third-order valence-electron chi connectivity index (χ3n) is 7.33. The predicted octanol–water partition coefficient (Wildman–Crippen LogP) is 4.52. The summed E-state index contributed by atoms with van der Waals surface area (Å²) < 4.78 is 45.7. The number of halogens is 3. The van der Waals surface area contributed by atoms with Crippen molar-refractivity contribution in [2.75, 3.05) is 83.6 Å². The minimum absolute atomic E-state index is 0.570. The maximum atomic E-state index is 13.4. The fraction of sp³-hybridized carbons (Fsp3) is 0.615. The molecule has 192 valence electrons. The van der Waals surface area contributed by atoms with E-state index in [0.717, 1.165) is 109 Å². The van der Waals surface area contributed by atoms with Crippen LogP contribution in [0.25, 0.3) is 0 Å². The normalized spacial score (nSPS) is 22.4. The van der Waals surface area contributed by atoms with Crippen molar-refractivity contribution in [1.29, 1.82) is 0 Å². The van der Waals surface area contributed by atoms with Gasteiger partial charge < -0.3 is 14.5 Å². The monoisotopic (exact) mass is 508 g/mol. The van der Waals surface area contributed by atoms with Gasteiger partial charge in [0.2, 0.25) is 0 Å². The van der Waals surface area contributed by atoms with Crippen LogP contribution in [0.2, 0.25) is 0 Å². The lowest BCUT2D eigenvalue weighted by Crippen LogP contribution is -2.49. The highest BCUT2D eigenvalue weighted by molar-refractivity contribution is 8.03. The summed E-state index contributed by atoms with van der Waals surface area (Å²) in [5.74, 6) is 0. The number of hydrogen-bond acceptors (Lipinski definition) is 6. The Bertz CT molecular complexity index is 937. The number of benzene rings is 1. The molecule has 0 atom stereocenters. The number of allylic oxidation sites excluding steroid dienone is 2. The molecule has 5 nitrogen and oxygen atoms in total. The first-order valence-corrected chi connectivity index (χ1v) is 13.6. The van der Waals surface area contributed by atoms with Crippen LogP contribution in [0.3, 0.4) is 0 Å². The molecule has 1 aromatic rings. The highest BCUT2D eigenvalue weighted by atomic mass is 32.2. The van der Waals surface area contributed by atoms with Gasteiger partial charge in [-0.15, -0.1) is 0 Å². The van der Waals surface area contributed by atoms with E-state index in [4.69, 9.17) is 4.74 Å². The van der Waals surface area contributed by atoms with Crippen LogP contribution in [-0.2, 0) is 10.9 Å². The van der Waals surface area contributed by atoms with E-state index in [1.54, 1.807) is 17.8 Å². The summed E-state index contributed by atoms with van der Waals surface area (Å²) in [6, 6.07) is 4.18. The molecule has 9 heteroatoms. The van der Waals surface area contributed by atoms with Gasteiger partial charge in [0.25, 0.3) is 0 Å². The van der Waals surface area contributed by atoms with Crippen LogP contribution in [0.5, 0.6) is 0 Å². The first-order chi connectivity index (χ1) is 17.0. The van der Waals surface area contributed by atoms with Crippen molar-refractivity contribution in [2.24, 2.45) is 0 Å². The SMILES string of the molecule is FC(F)(F)c1ccc2c(c1)N(CCCN1CCN(CCN3CCOCC3)CC1)C1=CCCC=C1S2. The first kappa shape index (κ1) is 25.1. The van der Waals surface area contributed by atoms with E-state index in [1.807, 2.05) is 0 Å². The second-order valence-electron chi connectivity index (χ2n) is 9.66. The van der Waals surface area contributed by atoms with Crippen molar-refractivity contribution in [3.05, 3.63) is 46.5 Å². The lowest BCUT2D eigenvalue weighted by Gasteiger charge is -2.38. The summed E-state index contributed by atoms with van der Waals surface area (Å²) in [6.45, 7) is 12.0. The fourth-order valence-corrected chi connectivity index (χ4v) is 6.40. The van der Waals surface area contributed by atoms with Crippen molar-refractivity contribution in [2.45, 2.75) is 30.3 Å². The highest BCUT2D eigenvalue weighted by Gasteiger charge is 2.34. The van der Waals surface area contributed by atoms with Gasteiger partial charge >= 0.3 is 6.18 Å². The second-order valence-corrected chi connectivity index (χ2v) is 10.7. The molecule has 0 saturated carbocycles. The summed E-state index contributed by atoms with van der Waals surface area (Å²) in [6.07, 6.45) is 2.95. The van der Waals surface area contributed by atoms with Crippen molar-refractivity contribution in [3.63, 3.8) is 0 Å². The minimum atomic E-state index is -4.33. The van der Waals surface area contributed by atoms with Crippen LogP contribution in [0.15, 0.2) is 45.8 Å². The topological polar surface area (TPSA) is 22.2 Å². The summed E-state index contributed by atoms with van der Waals surface area (Å²) in [4.78, 5) is 11.8. The van der Waals surface area contributed by atoms with Crippen LogP contribution in [0.4, 0.5) is 18.9 Å². The average Bonchev–Trinajstić information content (AvgIpc) is 2.87. The largest absolute Gasteiger partial charge is 0.416 e. The maximum absolute atomic E-state index is 13.4. The highest BCUT2D eigenvalue weighted by Crippen LogP contribution is 2.49. The van der Waals surface area contributed by atoms with Gasteiger partial charge in [-0.05, 0) is 44.0 Å². The predicted molar refractivity (Wildman–Crippen MR) is 135 cm³/mol. The molecule has 1 aromatic carbocycles. The van der Waals surface area contributed by atoms with E-state index >= 15 is 0 Å². The number of piperazine rings is 1. The van der Waals surface area contributed by atoms with Gasteiger partial charge in [-0.3, -0.25) is 9.80 Å². The Balaban J connectivity index is 1.15. The van der Waals surface area contributed by atoms with Gasteiger partial charge in [0, 0.05) is 68.7 Å². The van der Waals surface area contributed by atoms with Crippen molar-refractivity contribution < 1.29 is 17.9 Å². The quantitative estimate of drug-likeness (QED) is 0.537. The van der Waals surface area contributed by atoms with Gasteiger partial charge in [0.05, 0.1) is 30.2 Å². The summed E-state index contributed by atoms with van der Waals surface area (Å²) in [7, 11) is 0. The van der Waals surface area contributed by atoms with Gasteiger partial charge in [-0.1, -0.05) is 23.9 Å². The van der Waals surface area contributed by atoms with Crippen LogP contribution in [-0.4, -0.2) is 93.4 Å². The van der Waals surface area contributed by atoms with Crippen molar-refractivity contribution in [3.8, 4) is 0 Å². The van der Waals surface area contributed by atoms with Gasteiger partial charge in [-0.2, -0.15) is 13.2 Å². The van der Waals surface area contributed by atoms with Gasteiger partial charge in [-0.25, -0.2) is 0 Å². The van der Waals surface area contributed by atoms with Gasteiger partial charge in [0.15, 0.2) is 0 Å². The third-order valence-corrected chi connectivity index (χ3v) is 8.49. The number of alkyl halides is 3. The zero-order valence-electron chi connectivity index (χ0n) is 20.2. The van der Waals surface area contributed by atoms with E-state index in [1.165, 1.54) is 17.0 Å². The van der Waals surface area contributed by atoms with Crippen molar-refractivity contribution in [1.82, 2.24) is 14.7 Å². The number of fused-ring (bicyclic) bond motifs is 2. The molecular formula is C26H35F3N4OS. The summed E-state index contributed by atoms with van der Waals surface area (Å²) in [5.41, 5.74) is 1.21. The number of morpholine rings is 1. The lowest BCUT2D eigenvalue weighted by molar-refractivity contribution is -0.137. The van der Waals surface area contributed by atoms with E-state index in [9.17, 15) is 13.2 Å². The number of rotatable bonds is 7. The Morgan fingerprint density at radius 1 is 0.800 bits per heavy atom. The maximum Gasteiger partial charge on any atom is 0.416 e. The van der Waals surface area contributed by atoms with E-state index in [-0.39, 0.29) is 0 Å². The number of hydrogen-bond donors (Lipinski definition) is 0. The zero-order chi connectivity index (χ0) is 24.3. The molecular weight excluding hydrogens is 473 g/mol. The molecule has 1 aliphatic carbocycles. The van der Waals surface area contributed by atoms with E-state index in [0.29, 0.717) is 5.69 Å². The molecule has 35 heavy (non-hydrogen) atoms. The molecule has 5 rings (SSSR count). The Morgan fingerprint density at radius 3 is 2.17 bits per heavy atom. The molecule has 0 aromatic heterocycles. The van der Waals surface area contributed by atoms with Crippen molar-refractivity contribution >= 4 is 17.4 Å². The standard InChI is InChI=1S/C26H35F3N4OS/c27-26(28,29)21-6-7-25-23(20-21)33(22-4-1-2-5-24(22)35-25)9-3-8-30-10-12-31(13-11-30)14-15-32-16-18-34-19-17-32/h4-7,20H,1-3,8-19H2. The van der Waals surface area contributed by atoms with E-state index in [2.05, 4.69) is 31.8 Å². The molecule has 0 radical (unpaired) electrons. The van der Waals surface area contributed by atoms with Crippen LogP contribution in [0, 0.1) is 0 Å². The molecule has 4 aliphatic rings. The fourth-order valence-electron chi connectivity index (χ4n) is 5.25. The molecule has 0 bridgehead atoms. The Labute approximate surface area is 210 Å². The summed E-state index contributed by atoms with van der Waals surface area (Å²) >= 11 is 1.60. The smallest absolute Gasteiger partial charge is 0.379 e. The third kappa shape index (κ3) is 6.25. The van der Waals surface area contributed by atoms with Crippen LogP contribution >= 0.6 is 11.8 Å². The molecule has 2 saturated heterocycles. The minimum Gasteiger partial charge on any atom is -0.379 e. The Kier molecular flexibility index (Phi) is 8.08. The van der Waals surface area contributed by atoms with Crippen LogP contribution in [0.1, 0.15) is 24.8 Å². The Hall–Kier alpha value is -1.52. The molecule has 0 unspecified atom stereocenters. The molecule has 3 heterocycles.